The number of ether oxygens (including phenoxy) is 1. The molecule has 0 atom stereocenters. The molecule has 102 valence electrons. The van der Waals surface area contributed by atoms with Gasteiger partial charge >= 0.3 is 0 Å². The first-order valence-corrected chi connectivity index (χ1v) is 8.20. The van der Waals surface area contributed by atoms with Crippen molar-refractivity contribution in [2.45, 2.75) is 31.5 Å². The summed E-state index contributed by atoms with van der Waals surface area (Å²) in [6.45, 7) is 3.56. The molecule has 0 aliphatic carbocycles. The number of rotatable bonds is 6. The van der Waals surface area contributed by atoms with Crippen molar-refractivity contribution in [1.29, 1.82) is 0 Å². The van der Waals surface area contributed by atoms with Crippen LogP contribution >= 0.6 is 23.6 Å². The maximum absolute atomic E-state index is 11.8. The minimum Gasteiger partial charge on any atom is -0.389 e. The first-order valence-electron chi connectivity index (χ1n) is 5.26. The van der Waals surface area contributed by atoms with E-state index in [4.69, 9.17) is 22.7 Å². The molecular weight excluding hydrogens is 292 g/mol. The number of nitrogens with two attached hydrogens (primary N) is 1. The van der Waals surface area contributed by atoms with Crippen molar-refractivity contribution >= 4 is 38.4 Å². The predicted molar refractivity (Wildman–Crippen MR) is 76.5 cm³/mol. The van der Waals surface area contributed by atoms with Gasteiger partial charge in [-0.05, 0) is 13.8 Å². The van der Waals surface area contributed by atoms with E-state index in [1.54, 1.807) is 13.8 Å². The monoisotopic (exact) mass is 308 g/mol. The first kappa shape index (κ1) is 15.5. The molecule has 1 aromatic heterocycles. The van der Waals surface area contributed by atoms with Crippen LogP contribution in [0.4, 0.5) is 0 Å². The summed E-state index contributed by atoms with van der Waals surface area (Å²) in [5.74, 6) is -0.0886. The van der Waals surface area contributed by atoms with Crippen molar-refractivity contribution in [2.24, 2.45) is 5.73 Å². The summed E-state index contributed by atoms with van der Waals surface area (Å²) in [5.41, 5.74) is 6.18. The summed E-state index contributed by atoms with van der Waals surface area (Å²) in [7, 11) is -1.64. The maximum atomic E-state index is 11.8. The van der Waals surface area contributed by atoms with E-state index in [2.05, 4.69) is 4.98 Å². The van der Waals surface area contributed by atoms with Crippen LogP contribution in [0.3, 0.4) is 0 Å². The third-order valence-corrected chi connectivity index (χ3v) is 6.05. The summed E-state index contributed by atoms with van der Waals surface area (Å²) in [6, 6.07) is 0. The lowest BCUT2D eigenvalue weighted by Gasteiger charge is -2.04. The van der Waals surface area contributed by atoms with Gasteiger partial charge in [-0.15, -0.1) is 11.3 Å². The highest BCUT2D eigenvalue weighted by Crippen LogP contribution is 2.22. The van der Waals surface area contributed by atoms with Gasteiger partial charge in [-0.1, -0.05) is 12.2 Å². The highest BCUT2D eigenvalue weighted by atomic mass is 32.2. The van der Waals surface area contributed by atoms with E-state index in [0.29, 0.717) is 15.6 Å². The maximum Gasteiger partial charge on any atom is 0.159 e. The molecule has 18 heavy (non-hydrogen) atoms. The average Bonchev–Trinajstić information content (AvgIpc) is 2.60. The number of sulfone groups is 1. The molecule has 0 aromatic carbocycles. The van der Waals surface area contributed by atoms with Crippen LogP contribution in [-0.2, 0) is 26.9 Å². The summed E-state index contributed by atoms with van der Waals surface area (Å²) >= 11 is 6.13. The van der Waals surface area contributed by atoms with E-state index in [1.807, 2.05) is 0 Å². The zero-order valence-electron chi connectivity index (χ0n) is 10.5. The Morgan fingerprint density at radius 1 is 1.56 bits per heavy atom. The van der Waals surface area contributed by atoms with E-state index in [9.17, 15) is 8.42 Å². The fourth-order valence-electron chi connectivity index (χ4n) is 1.23. The minimum absolute atomic E-state index is 0.0886. The van der Waals surface area contributed by atoms with Crippen LogP contribution in [-0.4, -0.2) is 30.8 Å². The van der Waals surface area contributed by atoms with E-state index in [1.165, 1.54) is 18.4 Å². The predicted octanol–water partition coefficient (Wildman–Crippen LogP) is 1.25. The van der Waals surface area contributed by atoms with Gasteiger partial charge in [0.05, 0.1) is 22.4 Å². The lowest BCUT2D eigenvalue weighted by atomic mass is 10.4. The molecule has 5 nitrogen and oxygen atoms in total. The smallest absolute Gasteiger partial charge is 0.159 e. The zero-order valence-corrected chi connectivity index (χ0v) is 12.9. The van der Waals surface area contributed by atoms with Gasteiger partial charge in [-0.25, -0.2) is 13.4 Å². The number of aromatic nitrogens is 1. The van der Waals surface area contributed by atoms with E-state index < -0.39 is 15.1 Å². The van der Waals surface area contributed by atoms with Crippen molar-refractivity contribution in [1.82, 2.24) is 4.98 Å². The van der Waals surface area contributed by atoms with Gasteiger partial charge in [0, 0.05) is 7.11 Å². The lowest BCUT2D eigenvalue weighted by Crippen LogP contribution is -2.15. The molecule has 2 N–H and O–H groups in total. The molecule has 0 bridgehead atoms. The Kier molecular flexibility index (Phi) is 5.20. The molecule has 0 fully saturated rings. The molecular formula is C10H16N2O3S3. The number of hydrogen-bond acceptors (Lipinski definition) is 6. The Bertz CT molecular complexity index is 535. The molecule has 0 saturated heterocycles. The second-order valence-electron chi connectivity index (χ2n) is 4.04. The molecule has 1 heterocycles. The number of thiazole rings is 1. The number of methoxy groups -OCH3 is 1. The van der Waals surface area contributed by atoms with Crippen LogP contribution in [0, 0.1) is 0 Å². The zero-order chi connectivity index (χ0) is 13.9. The topological polar surface area (TPSA) is 82.3 Å². The average molecular weight is 308 g/mol. The number of thiocarbonyl (C=S) groups is 1. The van der Waals surface area contributed by atoms with Gasteiger partial charge < -0.3 is 10.5 Å². The molecule has 0 spiro atoms. The summed E-state index contributed by atoms with van der Waals surface area (Å²) in [4.78, 5) is 5.08. The Hall–Kier alpha value is -0.570. The first-order chi connectivity index (χ1) is 8.27. The molecule has 0 amide bonds. The van der Waals surface area contributed by atoms with Crippen LogP contribution in [0.1, 0.15) is 29.4 Å². The van der Waals surface area contributed by atoms with Gasteiger partial charge in [0.25, 0.3) is 0 Å². The molecule has 8 heteroatoms. The molecule has 1 rings (SSSR count). The Balaban J connectivity index is 3.06. The fraction of sp³-hybridized carbons (Fsp3) is 0.600. The second kappa shape index (κ2) is 6.05. The molecule has 0 aliphatic rings. The second-order valence-corrected chi connectivity index (χ2v) is 8.12. The number of hydrogen-bond donors (Lipinski definition) is 1. The van der Waals surface area contributed by atoms with Gasteiger partial charge in [-0.3, -0.25) is 0 Å². The van der Waals surface area contributed by atoms with Crippen molar-refractivity contribution < 1.29 is 13.2 Å². The molecule has 0 unspecified atom stereocenters. The van der Waals surface area contributed by atoms with Crippen molar-refractivity contribution in [3.05, 3.63) is 15.6 Å². The van der Waals surface area contributed by atoms with Gasteiger partial charge in [0.2, 0.25) is 0 Å². The fourth-order valence-corrected chi connectivity index (χ4v) is 3.66. The Morgan fingerprint density at radius 3 is 2.61 bits per heavy atom. The minimum atomic E-state index is -3.17. The van der Waals surface area contributed by atoms with E-state index in [-0.39, 0.29) is 17.3 Å². The van der Waals surface area contributed by atoms with Crippen LogP contribution in [0.25, 0.3) is 0 Å². The Labute approximate surface area is 116 Å². The van der Waals surface area contributed by atoms with Crippen molar-refractivity contribution in [3.63, 3.8) is 0 Å². The molecule has 0 aliphatic heterocycles. The lowest BCUT2D eigenvalue weighted by molar-refractivity contribution is 0.182. The van der Waals surface area contributed by atoms with Crippen molar-refractivity contribution in [2.75, 3.05) is 7.11 Å². The highest BCUT2D eigenvalue weighted by Gasteiger charge is 2.21. The normalized spacial score (nSPS) is 12.0. The molecule has 0 saturated carbocycles. The summed E-state index contributed by atoms with van der Waals surface area (Å²) in [6.07, 6.45) is 0. The third-order valence-electron chi connectivity index (χ3n) is 2.29. The van der Waals surface area contributed by atoms with Crippen LogP contribution in [0.5, 0.6) is 0 Å². The van der Waals surface area contributed by atoms with Gasteiger partial charge in [0.1, 0.15) is 15.7 Å². The quantitative estimate of drug-likeness (QED) is 0.796. The van der Waals surface area contributed by atoms with Crippen LogP contribution in [0.2, 0.25) is 0 Å². The standard InChI is InChI=1S/C10H16N2O3S3/c1-6(2)18(13,14)5-8-12-7(4-15-3)9(17-8)10(11)16/h6H,4-5H2,1-3H3,(H2,11,16). The van der Waals surface area contributed by atoms with Crippen LogP contribution < -0.4 is 5.73 Å². The number of nitrogens with zero attached hydrogens (tertiary/aromatic N) is 1. The van der Waals surface area contributed by atoms with Crippen molar-refractivity contribution in [3.8, 4) is 0 Å². The third kappa shape index (κ3) is 3.71. The van der Waals surface area contributed by atoms with Gasteiger partial charge in [0.15, 0.2) is 9.84 Å². The van der Waals surface area contributed by atoms with Crippen LogP contribution in [0.15, 0.2) is 0 Å². The van der Waals surface area contributed by atoms with Gasteiger partial charge in [-0.2, -0.15) is 0 Å². The van der Waals surface area contributed by atoms with E-state index in [0.717, 1.165) is 0 Å². The largest absolute Gasteiger partial charge is 0.389 e. The molecule has 1 aromatic rings. The highest BCUT2D eigenvalue weighted by molar-refractivity contribution is 7.91. The van der Waals surface area contributed by atoms with E-state index >= 15 is 0 Å². The molecule has 0 radical (unpaired) electrons. The Morgan fingerprint density at radius 2 is 2.17 bits per heavy atom. The summed E-state index contributed by atoms with van der Waals surface area (Å²) in [5, 5.41) is 0.0686. The summed E-state index contributed by atoms with van der Waals surface area (Å²) < 4.78 is 28.6. The SMILES string of the molecule is COCc1nc(CS(=O)(=O)C(C)C)sc1C(N)=S.